The minimum absolute atomic E-state index is 0.181. The van der Waals surface area contributed by atoms with Crippen molar-refractivity contribution in [3.05, 3.63) is 29.3 Å². The van der Waals surface area contributed by atoms with Gasteiger partial charge in [0.25, 0.3) is 0 Å². The van der Waals surface area contributed by atoms with Gasteiger partial charge in [0.05, 0.1) is 13.2 Å². The van der Waals surface area contributed by atoms with Gasteiger partial charge in [-0.05, 0) is 26.3 Å². The molecule has 3 unspecified atom stereocenters. The van der Waals surface area contributed by atoms with E-state index in [1.54, 1.807) is 14.2 Å². The molecule has 3 nitrogen and oxygen atoms in total. The lowest BCUT2D eigenvalue weighted by atomic mass is 9.64. The van der Waals surface area contributed by atoms with Crippen molar-refractivity contribution < 1.29 is 9.47 Å². The molecule has 1 aliphatic carbocycles. The zero-order valence-electron chi connectivity index (χ0n) is 13.5. The number of nitrogens with one attached hydrogen (secondary N) is 1. The van der Waals surface area contributed by atoms with Crippen LogP contribution < -0.4 is 10.1 Å². The summed E-state index contributed by atoms with van der Waals surface area (Å²) < 4.78 is 11.0. The maximum absolute atomic E-state index is 5.52. The lowest BCUT2D eigenvalue weighted by Crippen LogP contribution is -2.60. The first-order valence-corrected chi connectivity index (χ1v) is 7.33. The Kier molecular flexibility index (Phi) is 4.40. The van der Waals surface area contributed by atoms with Crippen LogP contribution in [0.15, 0.2) is 18.2 Å². The van der Waals surface area contributed by atoms with E-state index in [4.69, 9.17) is 9.47 Å². The average molecular weight is 277 g/mol. The first-order valence-electron chi connectivity index (χ1n) is 7.33. The normalized spacial score (nSPS) is 25.9. The zero-order valence-corrected chi connectivity index (χ0v) is 13.5. The Morgan fingerprint density at radius 3 is 2.55 bits per heavy atom. The van der Waals surface area contributed by atoms with Crippen LogP contribution in [0, 0.1) is 12.3 Å². The van der Waals surface area contributed by atoms with Crippen molar-refractivity contribution in [2.45, 2.75) is 52.3 Å². The Morgan fingerprint density at radius 1 is 1.30 bits per heavy atom. The quantitative estimate of drug-likeness (QED) is 0.894. The third kappa shape index (κ3) is 2.70. The molecule has 112 valence electrons. The maximum Gasteiger partial charge on any atom is 0.123 e. The van der Waals surface area contributed by atoms with Gasteiger partial charge in [0.1, 0.15) is 5.75 Å². The van der Waals surface area contributed by atoms with Gasteiger partial charge < -0.3 is 14.8 Å². The highest BCUT2D eigenvalue weighted by molar-refractivity contribution is 5.39. The Bertz CT molecular complexity index is 470. The Hall–Kier alpha value is -1.06. The molecule has 1 aromatic rings. The third-order valence-corrected chi connectivity index (χ3v) is 4.77. The van der Waals surface area contributed by atoms with Crippen LogP contribution in [-0.4, -0.2) is 26.4 Å². The minimum atomic E-state index is 0.181. The van der Waals surface area contributed by atoms with Crippen LogP contribution >= 0.6 is 0 Å². The van der Waals surface area contributed by atoms with Gasteiger partial charge in [-0.15, -0.1) is 0 Å². The predicted molar refractivity (Wildman–Crippen MR) is 82.3 cm³/mol. The number of benzene rings is 1. The van der Waals surface area contributed by atoms with Crippen LogP contribution in [0.1, 0.15) is 44.4 Å². The number of hydrogen-bond acceptors (Lipinski definition) is 3. The molecule has 0 saturated heterocycles. The molecule has 2 rings (SSSR count). The fourth-order valence-corrected chi connectivity index (χ4v) is 3.15. The largest absolute Gasteiger partial charge is 0.496 e. The van der Waals surface area contributed by atoms with E-state index in [-0.39, 0.29) is 11.5 Å². The highest BCUT2D eigenvalue weighted by atomic mass is 16.5. The predicted octanol–water partition coefficient (Wildman–Crippen LogP) is 3.47. The van der Waals surface area contributed by atoms with Crippen molar-refractivity contribution in [1.82, 2.24) is 5.32 Å². The molecule has 0 heterocycles. The van der Waals surface area contributed by atoms with E-state index in [1.165, 1.54) is 11.1 Å². The van der Waals surface area contributed by atoms with Crippen LogP contribution in [-0.2, 0) is 4.74 Å². The molecule has 0 bridgehead atoms. The Morgan fingerprint density at radius 2 is 2.00 bits per heavy atom. The summed E-state index contributed by atoms with van der Waals surface area (Å²) in [5.74, 6) is 0.955. The van der Waals surface area contributed by atoms with Crippen LogP contribution in [0.3, 0.4) is 0 Å². The molecule has 1 aliphatic rings. The van der Waals surface area contributed by atoms with Crippen molar-refractivity contribution in [2.75, 3.05) is 14.2 Å². The first-order chi connectivity index (χ1) is 9.40. The van der Waals surface area contributed by atoms with Gasteiger partial charge in [-0.2, -0.15) is 0 Å². The number of ether oxygens (including phenoxy) is 2. The summed E-state index contributed by atoms with van der Waals surface area (Å²) in [4.78, 5) is 0. The van der Waals surface area contributed by atoms with E-state index >= 15 is 0 Å². The van der Waals surface area contributed by atoms with E-state index in [0.717, 1.165) is 12.2 Å². The lowest BCUT2D eigenvalue weighted by Gasteiger charge is -2.52. The molecule has 3 atom stereocenters. The van der Waals surface area contributed by atoms with Crippen molar-refractivity contribution in [2.24, 2.45) is 5.41 Å². The van der Waals surface area contributed by atoms with Crippen molar-refractivity contribution in [3.63, 3.8) is 0 Å². The molecule has 0 radical (unpaired) electrons. The van der Waals surface area contributed by atoms with Crippen LogP contribution in [0.4, 0.5) is 0 Å². The number of hydrogen-bond donors (Lipinski definition) is 1. The number of aryl methyl sites for hydroxylation is 1. The van der Waals surface area contributed by atoms with Gasteiger partial charge in [-0.3, -0.25) is 0 Å². The van der Waals surface area contributed by atoms with E-state index in [1.807, 2.05) is 6.07 Å². The summed E-state index contributed by atoms with van der Waals surface area (Å²) in [6.07, 6.45) is 1.42. The van der Waals surface area contributed by atoms with E-state index < -0.39 is 0 Å². The minimum Gasteiger partial charge on any atom is -0.496 e. The second kappa shape index (κ2) is 5.74. The monoisotopic (exact) mass is 277 g/mol. The van der Waals surface area contributed by atoms with Crippen LogP contribution in [0.25, 0.3) is 0 Å². The molecule has 3 heteroatoms. The molecule has 0 amide bonds. The summed E-state index contributed by atoms with van der Waals surface area (Å²) in [5.41, 5.74) is 2.67. The molecule has 1 saturated carbocycles. The molecule has 20 heavy (non-hydrogen) atoms. The fraction of sp³-hybridized carbons (Fsp3) is 0.647. The molecular formula is C17H27NO2. The maximum atomic E-state index is 5.52. The van der Waals surface area contributed by atoms with Gasteiger partial charge in [0.2, 0.25) is 0 Å². The summed E-state index contributed by atoms with van der Waals surface area (Å²) >= 11 is 0. The van der Waals surface area contributed by atoms with E-state index in [0.29, 0.717) is 12.1 Å². The average Bonchev–Trinajstić information content (AvgIpc) is 2.42. The number of methoxy groups -OCH3 is 2. The van der Waals surface area contributed by atoms with Gasteiger partial charge in [0, 0.05) is 30.2 Å². The van der Waals surface area contributed by atoms with Crippen molar-refractivity contribution >= 4 is 0 Å². The standard InChI is InChI=1S/C17H27NO2/c1-11-7-8-14(19-5)13(9-11)12(2)18-15-10-16(20-6)17(15,3)4/h7-9,12,15-16,18H,10H2,1-6H3. The van der Waals surface area contributed by atoms with Crippen LogP contribution in [0.5, 0.6) is 5.75 Å². The number of rotatable bonds is 5. The summed E-state index contributed by atoms with van der Waals surface area (Å²) in [7, 11) is 3.53. The fourth-order valence-electron chi connectivity index (χ4n) is 3.15. The Balaban J connectivity index is 2.10. The van der Waals surface area contributed by atoms with Crippen molar-refractivity contribution in [3.8, 4) is 5.75 Å². The van der Waals surface area contributed by atoms with Gasteiger partial charge in [-0.1, -0.05) is 31.5 Å². The van der Waals surface area contributed by atoms with Gasteiger partial charge in [-0.25, -0.2) is 0 Å². The highest BCUT2D eigenvalue weighted by Gasteiger charge is 2.48. The molecule has 0 aromatic heterocycles. The Labute approximate surface area is 122 Å². The molecule has 0 spiro atoms. The molecule has 1 fully saturated rings. The summed E-state index contributed by atoms with van der Waals surface area (Å²) in [6, 6.07) is 7.09. The molecule has 0 aliphatic heterocycles. The second-order valence-corrected chi connectivity index (χ2v) is 6.47. The topological polar surface area (TPSA) is 30.5 Å². The lowest BCUT2D eigenvalue weighted by molar-refractivity contribution is -0.0999. The van der Waals surface area contributed by atoms with Crippen LogP contribution in [0.2, 0.25) is 0 Å². The summed E-state index contributed by atoms with van der Waals surface area (Å²) in [6.45, 7) is 8.85. The van der Waals surface area contributed by atoms with E-state index in [2.05, 4.69) is 45.1 Å². The van der Waals surface area contributed by atoms with E-state index in [9.17, 15) is 0 Å². The second-order valence-electron chi connectivity index (χ2n) is 6.47. The first kappa shape index (κ1) is 15.3. The van der Waals surface area contributed by atoms with Gasteiger partial charge in [0.15, 0.2) is 0 Å². The SMILES string of the molecule is COc1ccc(C)cc1C(C)NC1CC(OC)C1(C)C. The van der Waals surface area contributed by atoms with Gasteiger partial charge >= 0.3 is 0 Å². The van der Waals surface area contributed by atoms with Crippen molar-refractivity contribution in [1.29, 1.82) is 0 Å². The molecular weight excluding hydrogens is 250 g/mol. The third-order valence-electron chi connectivity index (χ3n) is 4.77. The molecule has 1 aromatic carbocycles. The summed E-state index contributed by atoms with van der Waals surface area (Å²) in [5, 5.41) is 3.73. The zero-order chi connectivity index (χ0) is 14.9. The highest BCUT2D eigenvalue weighted by Crippen LogP contribution is 2.43. The smallest absolute Gasteiger partial charge is 0.123 e. The molecule has 1 N–H and O–H groups in total.